The van der Waals surface area contributed by atoms with Crippen molar-refractivity contribution < 1.29 is 47.7 Å². The van der Waals surface area contributed by atoms with Gasteiger partial charge in [0, 0.05) is 81.5 Å². The highest BCUT2D eigenvalue weighted by Crippen LogP contribution is 2.42. The largest absolute Gasteiger partial charge is 0.493 e. The predicted octanol–water partition coefficient (Wildman–Crippen LogP) is 9.44. The van der Waals surface area contributed by atoms with Crippen LogP contribution in [0.25, 0.3) is 0 Å². The van der Waals surface area contributed by atoms with Crippen molar-refractivity contribution in [3.8, 4) is 17.2 Å². The highest BCUT2D eigenvalue weighted by atomic mass is 33.1. The van der Waals surface area contributed by atoms with Crippen LogP contribution >= 0.6 is 21.6 Å². The van der Waals surface area contributed by atoms with Crippen molar-refractivity contribution in [1.29, 1.82) is 0 Å². The molecule has 3 amide bonds. The fourth-order valence-corrected chi connectivity index (χ4v) is 13.5. The lowest BCUT2D eigenvalue weighted by Gasteiger charge is -2.36. The fraction of sp³-hybridized carbons (Fsp3) is 0.407. The summed E-state index contributed by atoms with van der Waals surface area (Å²) in [5.41, 5.74) is 10.4. The molecular weight excluding hydrogens is 1000 g/mol. The highest BCUT2D eigenvalue weighted by Gasteiger charge is 2.37. The third-order valence-corrected chi connectivity index (χ3v) is 18.1. The van der Waals surface area contributed by atoms with Crippen molar-refractivity contribution in [2.75, 3.05) is 69.4 Å². The molecule has 5 aromatic carbocycles. The molecule has 15 nitrogen and oxygen atoms in total. The molecule has 76 heavy (non-hydrogen) atoms. The van der Waals surface area contributed by atoms with Gasteiger partial charge in [-0.05, 0) is 109 Å². The smallest absolute Gasteiger partial charge is 0.309 e. The quantitative estimate of drug-likeness (QED) is 0.0559. The minimum Gasteiger partial charge on any atom is -0.493 e. The normalized spacial score (nSPS) is 17.0. The molecule has 9 rings (SSSR count). The number of anilines is 3. The zero-order valence-electron chi connectivity index (χ0n) is 44.3. The van der Waals surface area contributed by atoms with E-state index in [1.165, 1.54) is 41.7 Å². The van der Waals surface area contributed by atoms with E-state index < -0.39 is 11.9 Å². The van der Waals surface area contributed by atoms with E-state index in [9.17, 15) is 24.0 Å². The molecule has 0 saturated heterocycles. The molecule has 4 heterocycles. The Morgan fingerprint density at radius 3 is 2.07 bits per heavy atom. The summed E-state index contributed by atoms with van der Waals surface area (Å²) >= 11 is 0. The topological polar surface area (TPSA) is 165 Å². The number of carbonyl (C=O) groups excluding carboxylic acids is 5. The molecule has 0 fully saturated rings. The van der Waals surface area contributed by atoms with E-state index in [0.717, 1.165) is 40.8 Å². The molecule has 2 N–H and O–H groups in total. The number of likely N-dealkylation sites (N-methyl/N-ethyl adjacent to an activating group) is 1. The van der Waals surface area contributed by atoms with E-state index in [1.807, 2.05) is 92.2 Å². The number of hydrogen-bond acceptors (Lipinski definition) is 14. The van der Waals surface area contributed by atoms with Gasteiger partial charge in [-0.25, -0.2) is 0 Å². The van der Waals surface area contributed by atoms with Gasteiger partial charge in [0.15, 0.2) is 17.3 Å². The molecule has 400 valence electrons. The van der Waals surface area contributed by atoms with Crippen LogP contribution in [0, 0.1) is 12.8 Å². The van der Waals surface area contributed by atoms with Gasteiger partial charge in [-0.3, -0.25) is 24.0 Å². The average molecular weight is 1070 g/mol. The molecule has 3 atom stereocenters. The molecule has 1 unspecified atom stereocenters. The van der Waals surface area contributed by atoms with E-state index in [-0.39, 0.29) is 73.0 Å². The first-order valence-electron chi connectivity index (χ1n) is 25.7. The van der Waals surface area contributed by atoms with Crippen LogP contribution in [0.15, 0.2) is 91.0 Å². The molecule has 4 aliphatic heterocycles. The molecule has 0 radical (unpaired) electrons. The Morgan fingerprint density at radius 2 is 1.41 bits per heavy atom. The maximum Gasteiger partial charge on any atom is 0.309 e. The van der Waals surface area contributed by atoms with Crippen LogP contribution in [0.3, 0.4) is 0 Å². The number of fused-ring (bicyclic) bond motifs is 6. The Morgan fingerprint density at radius 1 is 0.776 bits per heavy atom. The van der Waals surface area contributed by atoms with Gasteiger partial charge >= 0.3 is 5.97 Å². The van der Waals surface area contributed by atoms with E-state index in [4.69, 9.17) is 23.7 Å². The molecule has 0 spiro atoms. The second-order valence-electron chi connectivity index (χ2n) is 20.8. The number of carbonyl (C=O) groups is 5. The summed E-state index contributed by atoms with van der Waals surface area (Å²) in [5.74, 6) is 0.419. The number of Topliss-reactive ketones (excluding diaryl/α,β-unsaturated/α-hetero) is 1. The Hall–Kier alpha value is -6.69. The fourth-order valence-electron chi connectivity index (χ4n) is 10.6. The van der Waals surface area contributed by atoms with Crippen LogP contribution in [0.2, 0.25) is 0 Å². The Labute approximate surface area is 453 Å². The van der Waals surface area contributed by atoms with Crippen molar-refractivity contribution in [2.45, 2.75) is 96.0 Å². The minimum atomic E-state index is -0.605. The Bertz CT molecular complexity index is 3020. The van der Waals surface area contributed by atoms with Gasteiger partial charge in [-0.2, -0.15) is 0 Å². The lowest BCUT2D eigenvalue weighted by atomic mass is 9.93. The number of ether oxygens (including phenoxy) is 5. The van der Waals surface area contributed by atoms with Gasteiger partial charge in [0.05, 0.1) is 54.7 Å². The van der Waals surface area contributed by atoms with E-state index in [2.05, 4.69) is 45.9 Å². The molecule has 0 bridgehead atoms. The van der Waals surface area contributed by atoms with Crippen LogP contribution < -0.4 is 29.7 Å². The number of aryl methyl sites for hydroxylation is 1. The van der Waals surface area contributed by atoms with Crippen LogP contribution in [-0.4, -0.2) is 110 Å². The standard InChI is InChI=1S/C59H67N5O10S2/c1-36-18-49-51(62(4)31-46-23-40-13-9-11-15-42(40)30-64(46)57(49)68)27-52(36)73-32-37-19-38(21-44(20-37)61-55(66)16-17-59(2,3)76-75-35-43(58(69)72-7)24-47(65)34-70-5)33-74-54-26-50-48(25-53(54)71-6)56(67)63-29-41-14-10-8-12-39(41)22-45(63)28-60-50/h8-15,18-21,25-27,43,45-46,60H,16-17,22-24,28-35H2,1-7H3,(H,61,66)/t43?,45-,46-/m0/s1. The second-order valence-corrected chi connectivity index (χ2v) is 23.8. The van der Waals surface area contributed by atoms with Gasteiger partial charge in [-0.15, -0.1) is 0 Å². The van der Waals surface area contributed by atoms with E-state index in [0.29, 0.717) is 78.1 Å². The number of ketones is 1. The number of hydrogen-bond donors (Lipinski definition) is 2. The molecule has 0 saturated carbocycles. The minimum absolute atomic E-state index is 0.0104. The second kappa shape index (κ2) is 23.7. The van der Waals surface area contributed by atoms with Crippen molar-refractivity contribution in [2.24, 2.45) is 5.92 Å². The number of nitrogens with zero attached hydrogens (tertiary/aromatic N) is 3. The van der Waals surface area contributed by atoms with Crippen LogP contribution in [-0.2, 0) is 63.0 Å². The van der Waals surface area contributed by atoms with Gasteiger partial charge < -0.3 is 49.0 Å². The summed E-state index contributed by atoms with van der Waals surface area (Å²) in [5, 5.41) is 6.66. The van der Waals surface area contributed by atoms with Crippen LogP contribution in [0.5, 0.6) is 17.2 Å². The molecule has 17 heteroatoms. The van der Waals surface area contributed by atoms with Crippen molar-refractivity contribution in [3.05, 3.63) is 141 Å². The SMILES string of the molecule is COCC(=O)CC(CSSC(C)(C)CCC(=O)Nc1cc(COc2cc3c(cc2C)C(=O)N2Cc4ccccc4C[C@H]2CN3C)cc(COc2cc3c(cc2OC)C(=O)N2Cc4ccccc4C[C@H]2CN3)c1)C(=O)OC. The summed E-state index contributed by atoms with van der Waals surface area (Å²) in [7, 11) is 9.37. The summed E-state index contributed by atoms with van der Waals surface area (Å²) in [6.07, 6.45) is 2.33. The molecule has 0 aliphatic carbocycles. The van der Waals surface area contributed by atoms with Crippen molar-refractivity contribution >= 4 is 68.1 Å². The molecule has 5 aromatic rings. The average Bonchev–Trinajstić information content (AvgIpc) is 3.62. The number of benzene rings is 5. The lowest BCUT2D eigenvalue weighted by molar-refractivity contribution is -0.146. The van der Waals surface area contributed by atoms with E-state index in [1.54, 1.807) is 24.0 Å². The first kappa shape index (κ1) is 54.1. The van der Waals surface area contributed by atoms with E-state index >= 15 is 0 Å². The Kier molecular flexibility index (Phi) is 16.9. The first-order chi connectivity index (χ1) is 36.6. The van der Waals surface area contributed by atoms with Crippen LogP contribution in [0.1, 0.15) is 92.8 Å². The number of methoxy groups -OCH3 is 3. The first-order valence-corrected chi connectivity index (χ1v) is 28.1. The maximum absolute atomic E-state index is 14.2. The zero-order chi connectivity index (χ0) is 53.7. The summed E-state index contributed by atoms with van der Waals surface area (Å²) < 4.78 is 28.6. The monoisotopic (exact) mass is 1070 g/mol. The zero-order valence-corrected chi connectivity index (χ0v) is 46.0. The van der Waals surface area contributed by atoms with Crippen LogP contribution in [0.4, 0.5) is 17.1 Å². The van der Waals surface area contributed by atoms with Gasteiger partial charge in [0.1, 0.15) is 25.6 Å². The van der Waals surface area contributed by atoms with Crippen molar-refractivity contribution in [1.82, 2.24) is 9.80 Å². The maximum atomic E-state index is 14.2. The highest BCUT2D eigenvalue weighted by molar-refractivity contribution is 8.77. The van der Waals surface area contributed by atoms with Gasteiger partial charge in [-0.1, -0.05) is 70.1 Å². The van der Waals surface area contributed by atoms with Gasteiger partial charge in [0.2, 0.25) is 5.91 Å². The molecule has 0 aromatic heterocycles. The third-order valence-electron chi connectivity index (χ3n) is 14.7. The third kappa shape index (κ3) is 12.4. The van der Waals surface area contributed by atoms with Crippen molar-refractivity contribution in [3.63, 3.8) is 0 Å². The number of nitrogens with one attached hydrogen (secondary N) is 2. The molecule has 4 aliphatic rings. The summed E-state index contributed by atoms with van der Waals surface area (Å²) in [4.78, 5) is 73.0. The summed E-state index contributed by atoms with van der Waals surface area (Å²) in [6, 6.07) is 29.9. The number of esters is 1. The molecular formula is C59H67N5O10S2. The summed E-state index contributed by atoms with van der Waals surface area (Å²) in [6.45, 7) is 8.59. The lowest BCUT2D eigenvalue weighted by Crippen LogP contribution is -2.47. The van der Waals surface area contributed by atoms with Gasteiger partial charge in [0.25, 0.3) is 11.8 Å². The number of rotatable bonds is 20. The Balaban J connectivity index is 0.918. The predicted molar refractivity (Wildman–Crippen MR) is 298 cm³/mol. The number of amides is 3.